The number of likely N-dealkylation sites (tertiary alicyclic amines) is 1. The summed E-state index contributed by atoms with van der Waals surface area (Å²) in [6, 6.07) is 0.637. The Bertz CT molecular complexity index is 204. The van der Waals surface area contributed by atoms with E-state index in [9.17, 15) is 0 Å². The van der Waals surface area contributed by atoms with E-state index in [1.807, 2.05) is 11.8 Å². The Balaban J connectivity index is 2.06. The molecular formula is C14H30N2OS. The van der Waals surface area contributed by atoms with E-state index in [1.54, 1.807) is 0 Å². The fourth-order valence-electron chi connectivity index (χ4n) is 2.58. The van der Waals surface area contributed by atoms with Gasteiger partial charge in [-0.05, 0) is 50.9 Å². The second kappa shape index (κ2) is 10.1. The van der Waals surface area contributed by atoms with E-state index in [0.717, 1.165) is 30.4 Å². The Morgan fingerprint density at radius 2 is 2.28 bits per heavy atom. The predicted molar refractivity (Wildman–Crippen MR) is 81.3 cm³/mol. The molecule has 1 rings (SSSR count). The van der Waals surface area contributed by atoms with Gasteiger partial charge in [0.1, 0.15) is 0 Å². The molecule has 0 aromatic rings. The van der Waals surface area contributed by atoms with Gasteiger partial charge in [0.15, 0.2) is 0 Å². The Kier molecular flexibility index (Phi) is 9.11. The van der Waals surface area contributed by atoms with Crippen molar-refractivity contribution < 1.29 is 5.11 Å². The molecule has 108 valence electrons. The zero-order valence-electron chi connectivity index (χ0n) is 12.0. The summed E-state index contributed by atoms with van der Waals surface area (Å²) in [5.41, 5.74) is 0. The van der Waals surface area contributed by atoms with Crippen LogP contribution in [0.1, 0.15) is 33.1 Å². The molecule has 0 aliphatic carbocycles. The Labute approximate surface area is 117 Å². The van der Waals surface area contributed by atoms with E-state index in [-0.39, 0.29) is 0 Å². The minimum Gasteiger partial charge on any atom is -0.396 e. The highest BCUT2D eigenvalue weighted by molar-refractivity contribution is 7.99. The summed E-state index contributed by atoms with van der Waals surface area (Å²) < 4.78 is 0. The molecule has 1 aliphatic rings. The molecule has 0 radical (unpaired) electrons. The maximum absolute atomic E-state index is 8.70. The molecule has 1 saturated heterocycles. The van der Waals surface area contributed by atoms with Crippen LogP contribution >= 0.6 is 11.8 Å². The highest BCUT2D eigenvalue weighted by Gasteiger charge is 2.23. The maximum atomic E-state index is 8.70. The van der Waals surface area contributed by atoms with Crippen LogP contribution < -0.4 is 5.32 Å². The number of aliphatic hydroxyl groups excluding tert-OH is 1. The zero-order valence-corrected chi connectivity index (χ0v) is 12.8. The summed E-state index contributed by atoms with van der Waals surface area (Å²) in [5.74, 6) is 3.06. The lowest BCUT2D eigenvalue weighted by Gasteiger charge is -2.35. The third-order valence-electron chi connectivity index (χ3n) is 3.86. The molecule has 0 amide bonds. The van der Waals surface area contributed by atoms with Crippen molar-refractivity contribution in [1.82, 2.24) is 10.2 Å². The minimum atomic E-state index is 0.325. The van der Waals surface area contributed by atoms with E-state index in [4.69, 9.17) is 5.11 Å². The number of rotatable bonds is 9. The van der Waals surface area contributed by atoms with Crippen LogP contribution in [-0.4, -0.2) is 60.3 Å². The van der Waals surface area contributed by atoms with Gasteiger partial charge in [-0.3, -0.25) is 0 Å². The number of hydrogen-bond donors (Lipinski definition) is 2. The van der Waals surface area contributed by atoms with Gasteiger partial charge in [0.05, 0.1) is 0 Å². The molecule has 2 unspecified atom stereocenters. The molecule has 4 heteroatoms. The van der Waals surface area contributed by atoms with Gasteiger partial charge in [0.2, 0.25) is 0 Å². The van der Waals surface area contributed by atoms with Gasteiger partial charge in [-0.1, -0.05) is 6.92 Å². The summed E-state index contributed by atoms with van der Waals surface area (Å²) in [7, 11) is 0. The fraction of sp³-hybridized carbons (Fsp3) is 1.00. The highest BCUT2D eigenvalue weighted by Crippen LogP contribution is 2.19. The van der Waals surface area contributed by atoms with Crippen molar-refractivity contribution in [3.63, 3.8) is 0 Å². The quantitative estimate of drug-likeness (QED) is 0.629. The molecular weight excluding hydrogens is 244 g/mol. The number of nitrogens with one attached hydrogen (secondary N) is 1. The third-order valence-corrected chi connectivity index (χ3v) is 4.93. The largest absolute Gasteiger partial charge is 0.396 e. The van der Waals surface area contributed by atoms with Crippen LogP contribution in [0.15, 0.2) is 0 Å². The van der Waals surface area contributed by atoms with E-state index in [2.05, 4.69) is 24.1 Å². The second-order valence-corrected chi connectivity index (χ2v) is 6.45. The van der Waals surface area contributed by atoms with Crippen molar-refractivity contribution >= 4 is 11.8 Å². The molecule has 2 atom stereocenters. The molecule has 0 saturated carbocycles. The summed E-state index contributed by atoms with van der Waals surface area (Å²) in [4.78, 5) is 2.57. The van der Waals surface area contributed by atoms with Gasteiger partial charge in [0.25, 0.3) is 0 Å². The Morgan fingerprint density at radius 3 is 3.00 bits per heavy atom. The van der Waals surface area contributed by atoms with E-state index < -0.39 is 0 Å². The van der Waals surface area contributed by atoms with Crippen molar-refractivity contribution in [3.8, 4) is 0 Å². The first-order valence-corrected chi connectivity index (χ1v) is 8.57. The predicted octanol–water partition coefficient (Wildman–Crippen LogP) is 1.81. The van der Waals surface area contributed by atoms with Gasteiger partial charge in [0, 0.05) is 31.5 Å². The lowest BCUT2D eigenvalue weighted by atomic mass is 9.91. The standard InChI is InChI=1S/C14H30N2OS/c1-3-16-8-4-6-14(12-16)13(2)15-7-11-18-10-5-9-17/h13-15,17H,3-12H2,1-2H3. The van der Waals surface area contributed by atoms with Crippen LogP contribution in [0.25, 0.3) is 0 Å². The molecule has 1 aliphatic heterocycles. The van der Waals surface area contributed by atoms with Crippen LogP contribution in [0, 0.1) is 5.92 Å². The molecule has 3 nitrogen and oxygen atoms in total. The topological polar surface area (TPSA) is 35.5 Å². The average Bonchev–Trinajstić information content (AvgIpc) is 2.42. The third kappa shape index (κ3) is 6.41. The van der Waals surface area contributed by atoms with Crippen molar-refractivity contribution in [2.24, 2.45) is 5.92 Å². The molecule has 18 heavy (non-hydrogen) atoms. The van der Waals surface area contributed by atoms with Crippen molar-refractivity contribution in [2.75, 3.05) is 44.3 Å². The molecule has 0 spiro atoms. The first-order valence-electron chi connectivity index (χ1n) is 7.42. The first kappa shape index (κ1) is 16.3. The molecule has 0 aromatic carbocycles. The maximum Gasteiger partial charge on any atom is 0.0438 e. The first-order chi connectivity index (χ1) is 8.77. The molecule has 2 N–H and O–H groups in total. The summed E-state index contributed by atoms with van der Waals surface area (Å²) >= 11 is 1.94. The highest BCUT2D eigenvalue weighted by atomic mass is 32.2. The van der Waals surface area contributed by atoms with Crippen LogP contribution in [0.5, 0.6) is 0 Å². The molecule has 0 bridgehead atoms. The van der Waals surface area contributed by atoms with Crippen LogP contribution in [0.3, 0.4) is 0 Å². The number of hydrogen-bond acceptors (Lipinski definition) is 4. The van der Waals surface area contributed by atoms with Crippen molar-refractivity contribution in [2.45, 2.75) is 39.2 Å². The van der Waals surface area contributed by atoms with E-state index in [1.165, 1.54) is 32.5 Å². The normalized spacial score (nSPS) is 23.2. The summed E-state index contributed by atoms with van der Waals surface area (Å²) in [5, 5.41) is 12.4. The second-order valence-electron chi connectivity index (χ2n) is 5.23. The van der Waals surface area contributed by atoms with Crippen molar-refractivity contribution in [3.05, 3.63) is 0 Å². The average molecular weight is 274 g/mol. The molecule has 1 heterocycles. The van der Waals surface area contributed by atoms with Crippen LogP contribution in [0.4, 0.5) is 0 Å². The van der Waals surface area contributed by atoms with Crippen LogP contribution in [0.2, 0.25) is 0 Å². The van der Waals surface area contributed by atoms with E-state index in [0.29, 0.717) is 12.6 Å². The smallest absolute Gasteiger partial charge is 0.0438 e. The summed E-state index contributed by atoms with van der Waals surface area (Å²) in [6.45, 7) is 9.77. The van der Waals surface area contributed by atoms with Gasteiger partial charge in [-0.25, -0.2) is 0 Å². The lowest BCUT2D eigenvalue weighted by Crippen LogP contribution is -2.44. The monoisotopic (exact) mass is 274 g/mol. The number of piperidine rings is 1. The fourth-order valence-corrected chi connectivity index (χ4v) is 3.38. The molecule has 0 aromatic heterocycles. The van der Waals surface area contributed by atoms with Crippen LogP contribution in [-0.2, 0) is 0 Å². The number of nitrogens with zero attached hydrogens (tertiary/aromatic N) is 1. The van der Waals surface area contributed by atoms with Gasteiger partial charge in [-0.15, -0.1) is 0 Å². The minimum absolute atomic E-state index is 0.325. The number of thioether (sulfide) groups is 1. The zero-order chi connectivity index (χ0) is 13.2. The van der Waals surface area contributed by atoms with Gasteiger partial charge >= 0.3 is 0 Å². The van der Waals surface area contributed by atoms with Gasteiger partial charge in [-0.2, -0.15) is 11.8 Å². The summed E-state index contributed by atoms with van der Waals surface area (Å²) in [6.07, 6.45) is 3.66. The molecule has 1 fully saturated rings. The van der Waals surface area contributed by atoms with Gasteiger partial charge < -0.3 is 15.3 Å². The van der Waals surface area contributed by atoms with E-state index >= 15 is 0 Å². The SMILES string of the molecule is CCN1CCCC(C(C)NCCSCCCO)C1. The van der Waals surface area contributed by atoms with Crippen molar-refractivity contribution in [1.29, 1.82) is 0 Å². The Hall–Kier alpha value is 0.230. The number of aliphatic hydroxyl groups is 1. The lowest BCUT2D eigenvalue weighted by molar-refractivity contribution is 0.158. The Morgan fingerprint density at radius 1 is 1.44 bits per heavy atom.